The minimum atomic E-state index is -1.11. The lowest BCUT2D eigenvalue weighted by atomic mass is 9.98. The van der Waals surface area contributed by atoms with Gasteiger partial charge in [0, 0.05) is 62.2 Å². The van der Waals surface area contributed by atoms with Crippen LogP contribution in [0.2, 0.25) is 0 Å². The number of carbonyl (C=O) groups is 2. The molecule has 0 bridgehead atoms. The number of halogens is 4. The maximum atomic E-state index is 14.9. The molecule has 0 fully saturated rings. The van der Waals surface area contributed by atoms with Gasteiger partial charge >= 0.3 is 6.03 Å². The van der Waals surface area contributed by atoms with Gasteiger partial charge in [-0.25, -0.2) is 22.4 Å². The van der Waals surface area contributed by atoms with Crippen LogP contribution in [0.3, 0.4) is 0 Å². The molecule has 0 aliphatic carbocycles. The van der Waals surface area contributed by atoms with Gasteiger partial charge in [-0.3, -0.25) is 9.69 Å². The van der Waals surface area contributed by atoms with Gasteiger partial charge in [-0.2, -0.15) is 0 Å². The van der Waals surface area contributed by atoms with Crippen LogP contribution in [-0.4, -0.2) is 38.0 Å². The van der Waals surface area contributed by atoms with Crippen LogP contribution in [0.15, 0.2) is 48.5 Å². The molecule has 1 unspecified atom stereocenters. The van der Waals surface area contributed by atoms with Crippen LogP contribution in [0.1, 0.15) is 40.0 Å². The van der Waals surface area contributed by atoms with E-state index in [9.17, 15) is 27.2 Å². The van der Waals surface area contributed by atoms with E-state index in [1.807, 2.05) is 6.92 Å². The number of nitrogens with zero attached hydrogens (tertiary/aromatic N) is 3. The highest BCUT2D eigenvalue weighted by Gasteiger charge is 2.34. The summed E-state index contributed by atoms with van der Waals surface area (Å²) in [5.41, 5.74) is 1.75. The van der Waals surface area contributed by atoms with Gasteiger partial charge in [0.25, 0.3) is 5.91 Å². The second kappa shape index (κ2) is 10.1. The van der Waals surface area contributed by atoms with E-state index in [4.69, 9.17) is 0 Å². The highest BCUT2D eigenvalue weighted by molar-refractivity contribution is 6.00. The Balaban J connectivity index is 1.67. The highest BCUT2D eigenvalue weighted by atomic mass is 19.1. The molecule has 1 aliphatic rings. The highest BCUT2D eigenvalue weighted by Crippen LogP contribution is 2.38. The molecule has 1 atom stereocenters. The molecule has 0 radical (unpaired) electrons. The van der Waals surface area contributed by atoms with Gasteiger partial charge in [0.1, 0.15) is 23.3 Å². The number of anilines is 2. The normalized spacial score (nSPS) is 15.0. The van der Waals surface area contributed by atoms with E-state index in [0.717, 1.165) is 5.56 Å². The van der Waals surface area contributed by atoms with Crippen molar-refractivity contribution in [1.82, 2.24) is 10.2 Å². The molecule has 0 saturated carbocycles. The number of amides is 3. The van der Waals surface area contributed by atoms with E-state index in [-0.39, 0.29) is 24.2 Å². The van der Waals surface area contributed by atoms with Crippen LogP contribution in [-0.2, 0) is 13.1 Å². The maximum absolute atomic E-state index is 14.9. The van der Waals surface area contributed by atoms with Gasteiger partial charge in [0.15, 0.2) is 0 Å². The molecule has 10 heteroatoms. The van der Waals surface area contributed by atoms with E-state index >= 15 is 0 Å². The molecule has 37 heavy (non-hydrogen) atoms. The zero-order valence-corrected chi connectivity index (χ0v) is 20.8. The third-order valence-electron chi connectivity index (χ3n) is 6.57. The number of benzene rings is 3. The van der Waals surface area contributed by atoms with Crippen LogP contribution in [0.5, 0.6) is 0 Å². The van der Waals surface area contributed by atoms with E-state index < -0.39 is 41.3 Å². The molecule has 0 spiro atoms. The molecular weight excluding hydrogens is 488 g/mol. The van der Waals surface area contributed by atoms with E-state index in [0.29, 0.717) is 29.1 Å². The number of carbonyl (C=O) groups excluding carboxylic acids is 2. The van der Waals surface area contributed by atoms with Gasteiger partial charge in [0.2, 0.25) is 0 Å². The maximum Gasteiger partial charge on any atom is 0.325 e. The van der Waals surface area contributed by atoms with Crippen molar-refractivity contribution in [1.29, 1.82) is 0 Å². The number of hydrogen-bond acceptors (Lipinski definition) is 3. The van der Waals surface area contributed by atoms with Crippen molar-refractivity contribution in [3.63, 3.8) is 0 Å². The Hall–Kier alpha value is -4.08. The van der Waals surface area contributed by atoms with Gasteiger partial charge < -0.3 is 15.1 Å². The summed E-state index contributed by atoms with van der Waals surface area (Å²) < 4.78 is 56.0. The Labute approximate surface area is 212 Å². The van der Waals surface area contributed by atoms with Crippen molar-refractivity contribution in [3.05, 3.63) is 94.1 Å². The molecule has 1 heterocycles. The molecule has 1 N–H and O–H groups in total. The standard InChI is InChI=1S/C27H26F4N4O2/c1-15-18-9-8-16(26(36)32-13-19-22(30)11-17(28)12-23(19)31)10-25(18)35(27(37)34(15)4)14-20-21(29)6-5-7-24(20)33(2)3/h5-12,15H,13-14H2,1-4H3,(H,32,36). The average molecular weight is 515 g/mol. The van der Waals surface area contributed by atoms with Crippen molar-refractivity contribution >= 4 is 23.3 Å². The van der Waals surface area contributed by atoms with Crippen LogP contribution in [0.4, 0.5) is 33.7 Å². The predicted molar refractivity (Wildman–Crippen MR) is 132 cm³/mol. The van der Waals surface area contributed by atoms with E-state index in [1.165, 1.54) is 28.0 Å². The van der Waals surface area contributed by atoms with Gasteiger partial charge in [-0.15, -0.1) is 0 Å². The molecule has 3 aromatic rings. The minimum Gasteiger partial charge on any atom is -0.377 e. The average Bonchev–Trinajstić information content (AvgIpc) is 2.84. The lowest BCUT2D eigenvalue weighted by Crippen LogP contribution is -2.47. The first-order valence-electron chi connectivity index (χ1n) is 11.5. The summed E-state index contributed by atoms with van der Waals surface area (Å²) >= 11 is 0. The fraction of sp³-hybridized carbons (Fsp3) is 0.259. The third kappa shape index (κ3) is 4.96. The Kier molecular flexibility index (Phi) is 7.11. The lowest BCUT2D eigenvalue weighted by molar-refractivity contribution is 0.0950. The second-order valence-corrected chi connectivity index (χ2v) is 9.09. The van der Waals surface area contributed by atoms with Crippen molar-refractivity contribution in [2.24, 2.45) is 0 Å². The number of nitrogens with one attached hydrogen (secondary N) is 1. The summed E-state index contributed by atoms with van der Waals surface area (Å²) in [6.45, 7) is 1.25. The van der Waals surface area contributed by atoms with E-state index in [1.54, 1.807) is 44.2 Å². The van der Waals surface area contributed by atoms with Crippen molar-refractivity contribution in [2.75, 3.05) is 30.9 Å². The molecule has 3 aromatic carbocycles. The summed E-state index contributed by atoms with van der Waals surface area (Å²) in [4.78, 5) is 30.8. The van der Waals surface area contributed by atoms with Crippen LogP contribution in [0, 0.1) is 23.3 Å². The molecule has 194 valence electrons. The Morgan fingerprint density at radius 2 is 1.65 bits per heavy atom. The number of hydrogen-bond donors (Lipinski definition) is 1. The molecule has 1 aliphatic heterocycles. The summed E-state index contributed by atoms with van der Waals surface area (Å²) in [6, 6.07) is 9.78. The molecule has 0 saturated heterocycles. The van der Waals surface area contributed by atoms with E-state index in [2.05, 4.69) is 5.32 Å². The molecule has 3 amide bonds. The van der Waals surface area contributed by atoms with Crippen molar-refractivity contribution < 1.29 is 27.2 Å². The Morgan fingerprint density at radius 1 is 0.973 bits per heavy atom. The number of rotatable bonds is 6. The molecule has 4 rings (SSSR count). The molecular formula is C27H26F4N4O2. The molecule has 6 nitrogen and oxygen atoms in total. The van der Waals surface area contributed by atoms with Crippen LogP contribution < -0.4 is 15.1 Å². The largest absolute Gasteiger partial charge is 0.377 e. The summed E-state index contributed by atoms with van der Waals surface area (Å²) in [6.07, 6.45) is 0. The van der Waals surface area contributed by atoms with Crippen LogP contribution >= 0.6 is 0 Å². The van der Waals surface area contributed by atoms with Gasteiger partial charge in [0.05, 0.1) is 18.3 Å². The predicted octanol–water partition coefficient (Wildman–Crippen LogP) is 5.37. The number of fused-ring (bicyclic) bond motifs is 1. The zero-order valence-electron chi connectivity index (χ0n) is 20.8. The fourth-order valence-corrected chi connectivity index (χ4v) is 4.39. The SMILES string of the molecule is CC1c2ccc(C(=O)NCc3c(F)cc(F)cc3F)cc2N(Cc2c(F)cccc2N(C)C)C(=O)N1C. The zero-order chi connectivity index (χ0) is 27.0. The van der Waals surface area contributed by atoms with Gasteiger partial charge in [-0.1, -0.05) is 12.1 Å². The summed E-state index contributed by atoms with van der Waals surface area (Å²) in [5, 5.41) is 2.43. The first kappa shape index (κ1) is 26.0. The Bertz CT molecular complexity index is 1360. The minimum absolute atomic E-state index is 0.0832. The summed E-state index contributed by atoms with van der Waals surface area (Å²) in [7, 11) is 5.19. The number of urea groups is 1. The smallest absolute Gasteiger partial charge is 0.325 e. The molecule has 0 aromatic heterocycles. The third-order valence-corrected chi connectivity index (χ3v) is 6.57. The lowest BCUT2D eigenvalue weighted by Gasteiger charge is -2.40. The first-order valence-corrected chi connectivity index (χ1v) is 11.5. The first-order chi connectivity index (χ1) is 17.5. The summed E-state index contributed by atoms with van der Waals surface area (Å²) in [5.74, 6) is -4.41. The fourth-order valence-electron chi connectivity index (χ4n) is 4.39. The van der Waals surface area contributed by atoms with Gasteiger partial charge in [-0.05, 0) is 36.8 Å². The Morgan fingerprint density at radius 3 is 2.30 bits per heavy atom. The second-order valence-electron chi connectivity index (χ2n) is 9.09. The van der Waals surface area contributed by atoms with Crippen LogP contribution in [0.25, 0.3) is 0 Å². The monoisotopic (exact) mass is 514 g/mol. The quantitative estimate of drug-likeness (QED) is 0.450. The van der Waals surface area contributed by atoms with Crippen molar-refractivity contribution in [2.45, 2.75) is 26.1 Å². The topological polar surface area (TPSA) is 55.9 Å². The van der Waals surface area contributed by atoms with Crippen molar-refractivity contribution in [3.8, 4) is 0 Å².